The molecule has 32 heavy (non-hydrogen) atoms. The van der Waals surface area contributed by atoms with Crippen molar-refractivity contribution in [2.24, 2.45) is 11.8 Å². The summed E-state index contributed by atoms with van der Waals surface area (Å²) in [6.07, 6.45) is 2.80. The zero-order valence-electron chi connectivity index (χ0n) is 17.2. The van der Waals surface area contributed by atoms with Crippen molar-refractivity contribution in [3.8, 4) is 0 Å². The highest BCUT2D eigenvalue weighted by Gasteiger charge is 2.51. The first-order valence-corrected chi connectivity index (χ1v) is 10.5. The van der Waals surface area contributed by atoms with E-state index in [-0.39, 0.29) is 12.1 Å². The SMILES string of the molecule is CC1=CC[C@H]2C(=O)N(N(Cc3ccc(Cl)cc3)C(=O)c3ccccc3[N+](=O)[O-])C(=O)[C@@H]2C1. The molecule has 2 atom stereocenters. The van der Waals surface area contributed by atoms with Crippen LogP contribution in [0.2, 0.25) is 5.02 Å². The fourth-order valence-corrected chi connectivity index (χ4v) is 4.33. The van der Waals surface area contributed by atoms with E-state index in [1.165, 1.54) is 24.3 Å². The molecule has 1 saturated heterocycles. The third-order valence-corrected chi connectivity index (χ3v) is 6.10. The Morgan fingerprint density at radius 2 is 1.78 bits per heavy atom. The van der Waals surface area contributed by atoms with Crippen molar-refractivity contribution in [1.82, 2.24) is 10.0 Å². The molecular weight excluding hydrogens is 434 g/mol. The fraction of sp³-hybridized carbons (Fsp3) is 0.261. The Morgan fingerprint density at radius 3 is 2.47 bits per heavy atom. The molecule has 8 nitrogen and oxygen atoms in total. The molecule has 9 heteroatoms. The van der Waals surface area contributed by atoms with Crippen molar-refractivity contribution in [3.05, 3.63) is 86.4 Å². The number of benzene rings is 2. The standard InChI is InChI=1S/C23H20ClN3O5/c1-14-6-11-17-19(12-14)23(30)26(22(17)29)25(13-15-7-9-16(24)10-8-15)21(28)18-4-2-3-5-20(18)27(31)32/h2-10,17,19H,11-13H2,1H3/t17-,19-/m1/s1. The molecule has 0 N–H and O–H groups in total. The van der Waals surface area contributed by atoms with Gasteiger partial charge in [0.2, 0.25) is 0 Å². The highest BCUT2D eigenvalue weighted by atomic mass is 35.5. The van der Waals surface area contributed by atoms with E-state index < -0.39 is 40.2 Å². The van der Waals surface area contributed by atoms with E-state index >= 15 is 0 Å². The van der Waals surface area contributed by atoms with Crippen LogP contribution in [0.15, 0.2) is 60.2 Å². The van der Waals surface area contributed by atoms with Crippen LogP contribution in [0.5, 0.6) is 0 Å². The Labute approximate surface area is 189 Å². The molecule has 2 aromatic carbocycles. The molecule has 1 heterocycles. The summed E-state index contributed by atoms with van der Waals surface area (Å²) in [5.41, 5.74) is 1.04. The Kier molecular flexibility index (Phi) is 5.80. The molecule has 1 aliphatic heterocycles. The number of nitro benzene ring substituents is 1. The van der Waals surface area contributed by atoms with Crippen LogP contribution in [-0.4, -0.2) is 32.7 Å². The number of para-hydroxylation sites is 1. The number of allylic oxidation sites excluding steroid dienone is 2. The van der Waals surface area contributed by atoms with Gasteiger partial charge in [-0.1, -0.05) is 47.5 Å². The van der Waals surface area contributed by atoms with Crippen molar-refractivity contribution >= 4 is 35.0 Å². The molecule has 4 rings (SSSR count). The van der Waals surface area contributed by atoms with Crippen LogP contribution in [0.4, 0.5) is 5.69 Å². The maximum Gasteiger partial charge on any atom is 0.282 e. The Hall–Kier alpha value is -3.52. The molecule has 0 unspecified atom stereocenters. The number of hydrogen-bond acceptors (Lipinski definition) is 5. The maximum atomic E-state index is 13.5. The maximum absolute atomic E-state index is 13.5. The fourth-order valence-electron chi connectivity index (χ4n) is 4.21. The minimum absolute atomic E-state index is 0.120. The Balaban J connectivity index is 1.76. The number of imide groups is 1. The molecule has 0 aromatic heterocycles. The van der Waals surface area contributed by atoms with Crippen molar-refractivity contribution in [2.45, 2.75) is 26.3 Å². The summed E-state index contributed by atoms with van der Waals surface area (Å²) >= 11 is 5.95. The van der Waals surface area contributed by atoms with E-state index in [4.69, 9.17) is 11.6 Å². The number of nitrogens with zero attached hydrogens (tertiary/aromatic N) is 3. The van der Waals surface area contributed by atoms with Gasteiger partial charge >= 0.3 is 0 Å². The normalized spacial score (nSPS) is 20.1. The lowest BCUT2D eigenvalue weighted by molar-refractivity contribution is -0.385. The van der Waals surface area contributed by atoms with E-state index in [9.17, 15) is 24.5 Å². The molecule has 0 saturated carbocycles. The van der Waals surface area contributed by atoms with Crippen molar-refractivity contribution in [3.63, 3.8) is 0 Å². The lowest BCUT2D eigenvalue weighted by atomic mass is 9.82. The molecule has 1 fully saturated rings. The van der Waals surface area contributed by atoms with Gasteiger partial charge in [-0.15, -0.1) is 0 Å². The van der Waals surface area contributed by atoms with Gasteiger partial charge in [-0.3, -0.25) is 24.5 Å². The van der Waals surface area contributed by atoms with Gasteiger partial charge in [-0.05, 0) is 43.5 Å². The van der Waals surface area contributed by atoms with E-state index in [1.807, 2.05) is 13.0 Å². The van der Waals surface area contributed by atoms with Crippen molar-refractivity contribution < 1.29 is 19.3 Å². The summed E-state index contributed by atoms with van der Waals surface area (Å²) in [4.78, 5) is 50.9. The first-order chi connectivity index (χ1) is 15.3. The lowest BCUT2D eigenvalue weighted by Crippen LogP contribution is -2.50. The van der Waals surface area contributed by atoms with Crippen LogP contribution in [-0.2, 0) is 16.1 Å². The third-order valence-electron chi connectivity index (χ3n) is 5.85. The second-order valence-electron chi connectivity index (χ2n) is 7.96. The second-order valence-corrected chi connectivity index (χ2v) is 8.39. The number of nitro groups is 1. The topological polar surface area (TPSA) is 101 Å². The van der Waals surface area contributed by atoms with Crippen LogP contribution >= 0.6 is 11.6 Å². The lowest BCUT2D eigenvalue weighted by Gasteiger charge is -2.30. The van der Waals surface area contributed by atoms with Gasteiger partial charge in [-0.2, -0.15) is 5.01 Å². The predicted octanol–water partition coefficient (Wildman–Crippen LogP) is 4.15. The summed E-state index contributed by atoms with van der Waals surface area (Å²) in [5, 5.41) is 13.9. The third kappa shape index (κ3) is 3.89. The molecular formula is C23H20ClN3O5. The van der Waals surface area contributed by atoms with Gasteiger partial charge in [0.15, 0.2) is 0 Å². The van der Waals surface area contributed by atoms with Crippen molar-refractivity contribution in [2.75, 3.05) is 0 Å². The number of carbonyl (C=O) groups excluding carboxylic acids is 3. The minimum atomic E-state index is -0.794. The monoisotopic (exact) mass is 453 g/mol. The molecule has 164 valence electrons. The summed E-state index contributed by atoms with van der Waals surface area (Å²) in [7, 11) is 0. The summed E-state index contributed by atoms with van der Waals surface area (Å²) in [6, 6.07) is 12.1. The summed E-state index contributed by atoms with van der Waals surface area (Å²) < 4.78 is 0. The highest BCUT2D eigenvalue weighted by Crippen LogP contribution is 2.39. The zero-order chi connectivity index (χ0) is 23.0. The first-order valence-electron chi connectivity index (χ1n) is 10.1. The first kappa shape index (κ1) is 21.7. The van der Waals surface area contributed by atoms with E-state index in [2.05, 4.69) is 0 Å². The van der Waals surface area contributed by atoms with Gasteiger partial charge in [0.25, 0.3) is 23.4 Å². The van der Waals surface area contributed by atoms with Crippen LogP contribution in [0, 0.1) is 22.0 Å². The van der Waals surface area contributed by atoms with Gasteiger partial charge in [0.05, 0.1) is 23.3 Å². The van der Waals surface area contributed by atoms with Crippen molar-refractivity contribution in [1.29, 1.82) is 0 Å². The molecule has 0 radical (unpaired) electrons. The van der Waals surface area contributed by atoms with E-state index in [0.717, 1.165) is 15.6 Å². The molecule has 3 amide bonds. The Bertz CT molecular complexity index is 1140. The average Bonchev–Trinajstić information content (AvgIpc) is 3.02. The minimum Gasteiger partial charge on any atom is -0.272 e. The van der Waals surface area contributed by atoms with E-state index in [1.54, 1.807) is 24.3 Å². The molecule has 0 bridgehead atoms. The zero-order valence-corrected chi connectivity index (χ0v) is 18.0. The highest BCUT2D eigenvalue weighted by molar-refractivity contribution is 6.30. The van der Waals surface area contributed by atoms with Crippen LogP contribution < -0.4 is 0 Å². The number of fused-ring (bicyclic) bond motifs is 1. The van der Waals surface area contributed by atoms with Crippen LogP contribution in [0.3, 0.4) is 0 Å². The predicted molar refractivity (Wildman–Crippen MR) is 116 cm³/mol. The average molecular weight is 454 g/mol. The summed E-state index contributed by atoms with van der Waals surface area (Å²) in [5.74, 6) is -2.81. The van der Waals surface area contributed by atoms with Gasteiger partial charge in [0.1, 0.15) is 5.56 Å². The second kappa shape index (κ2) is 8.55. The molecule has 1 aliphatic carbocycles. The molecule has 2 aromatic rings. The smallest absolute Gasteiger partial charge is 0.272 e. The van der Waals surface area contributed by atoms with Gasteiger partial charge in [-0.25, -0.2) is 5.01 Å². The van der Waals surface area contributed by atoms with Crippen LogP contribution in [0.25, 0.3) is 0 Å². The number of carbonyl (C=O) groups is 3. The summed E-state index contributed by atoms with van der Waals surface area (Å²) in [6.45, 7) is 1.78. The van der Waals surface area contributed by atoms with Gasteiger partial charge in [0, 0.05) is 11.1 Å². The largest absolute Gasteiger partial charge is 0.282 e. The number of hydrogen-bond donors (Lipinski definition) is 0. The van der Waals surface area contributed by atoms with E-state index in [0.29, 0.717) is 23.4 Å². The number of amides is 3. The number of hydrazine groups is 1. The Morgan fingerprint density at radius 1 is 1.12 bits per heavy atom. The quantitative estimate of drug-likeness (QED) is 0.293. The van der Waals surface area contributed by atoms with Crippen LogP contribution in [0.1, 0.15) is 35.7 Å². The molecule has 0 spiro atoms. The molecule has 2 aliphatic rings. The number of rotatable bonds is 5. The number of halogens is 1. The van der Waals surface area contributed by atoms with Gasteiger partial charge < -0.3 is 0 Å².